The number of rotatable bonds is 4. The van der Waals surface area contributed by atoms with Crippen LogP contribution in [-0.2, 0) is 0 Å². The summed E-state index contributed by atoms with van der Waals surface area (Å²) in [7, 11) is 3.99. The topological polar surface area (TPSA) is 35.5 Å². The van der Waals surface area contributed by atoms with Crippen LogP contribution in [0.5, 0.6) is 0 Å². The maximum Gasteiger partial charge on any atom is 0.0500 e. The highest BCUT2D eigenvalue weighted by Crippen LogP contribution is 2.35. The Morgan fingerprint density at radius 1 is 1.23 bits per heavy atom. The van der Waals surface area contributed by atoms with Crippen molar-refractivity contribution in [3.05, 3.63) is 0 Å². The Morgan fingerprint density at radius 3 is 2.31 bits per heavy atom. The van der Waals surface area contributed by atoms with E-state index in [1.807, 2.05) is 19.1 Å². The molecule has 0 heterocycles. The molecule has 13 heavy (non-hydrogen) atoms. The van der Waals surface area contributed by atoms with Gasteiger partial charge in [-0.2, -0.15) is 0 Å². The van der Waals surface area contributed by atoms with Crippen LogP contribution >= 0.6 is 0 Å². The average molecular weight is 186 g/mol. The summed E-state index contributed by atoms with van der Waals surface area (Å²) < 4.78 is 0. The van der Waals surface area contributed by atoms with Gasteiger partial charge in [0.2, 0.25) is 0 Å². The van der Waals surface area contributed by atoms with Gasteiger partial charge in [-0.1, -0.05) is 19.3 Å². The quantitative estimate of drug-likeness (QED) is 0.643. The first-order valence-corrected chi connectivity index (χ1v) is 5.20. The van der Waals surface area contributed by atoms with Crippen LogP contribution in [0.1, 0.15) is 32.1 Å². The summed E-state index contributed by atoms with van der Waals surface area (Å²) in [6.07, 6.45) is 6.23. The van der Waals surface area contributed by atoms with Gasteiger partial charge < -0.3 is 5.11 Å². The molecule has 1 rings (SSSR count). The number of hydrogen-bond acceptors (Lipinski definition) is 3. The lowest BCUT2D eigenvalue weighted by molar-refractivity contribution is 0.0628. The minimum Gasteiger partial charge on any atom is -0.396 e. The Kier molecular flexibility index (Phi) is 4.16. The van der Waals surface area contributed by atoms with Crippen LogP contribution in [0.25, 0.3) is 0 Å². The number of hydrogen-bond donors (Lipinski definition) is 2. The molecule has 1 aliphatic carbocycles. The van der Waals surface area contributed by atoms with Crippen LogP contribution in [0.2, 0.25) is 0 Å². The number of nitrogens with one attached hydrogen (secondary N) is 1. The molecule has 3 heteroatoms. The lowest BCUT2D eigenvalue weighted by atomic mass is 9.75. The van der Waals surface area contributed by atoms with Crippen LogP contribution in [0, 0.1) is 5.41 Å². The first kappa shape index (κ1) is 11.0. The Morgan fingerprint density at radius 2 is 1.85 bits per heavy atom. The zero-order valence-electron chi connectivity index (χ0n) is 8.84. The van der Waals surface area contributed by atoms with Crippen molar-refractivity contribution >= 4 is 0 Å². The summed E-state index contributed by atoms with van der Waals surface area (Å²) in [6.45, 7) is 1.24. The maximum absolute atomic E-state index is 9.40. The highest BCUT2D eigenvalue weighted by molar-refractivity contribution is 4.83. The van der Waals surface area contributed by atoms with Crippen LogP contribution in [0.4, 0.5) is 0 Å². The van der Waals surface area contributed by atoms with Gasteiger partial charge in [0.1, 0.15) is 0 Å². The van der Waals surface area contributed by atoms with E-state index in [1.165, 1.54) is 32.1 Å². The SMILES string of the molecule is CN(C)NCC1(CO)CCCCC1. The second-order valence-corrected chi connectivity index (χ2v) is 4.45. The van der Waals surface area contributed by atoms with E-state index in [4.69, 9.17) is 0 Å². The minimum atomic E-state index is 0.155. The van der Waals surface area contributed by atoms with Crippen LogP contribution in [0.3, 0.4) is 0 Å². The predicted molar refractivity (Wildman–Crippen MR) is 54.3 cm³/mol. The largest absolute Gasteiger partial charge is 0.396 e. The molecule has 2 N–H and O–H groups in total. The van der Waals surface area contributed by atoms with Crippen molar-refractivity contribution in [3.63, 3.8) is 0 Å². The molecule has 0 aromatic rings. The fraction of sp³-hybridized carbons (Fsp3) is 1.00. The molecule has 0 saturated heterocycles. The van der Waals surface area contributed by atoms with Crippen LogP contribution in [-0.4, -0.2) is 37.4 Å². The van der Waals surface area contributed by atoms with Crippen molar-refractivity contribution in [2.24, 2.45) is 5.41 Å². The molecule has 0 aliphatic heterocycles. The summed E-state index contributed by atoms with van der Waals surface area (Å²) in [6, 6.07) is 0. The normalized spacial score (nSPS) is 22.2. The van der Waals surface area contributed by atoms with E-state index < -0.39 is 0 Å². The molecule has 0 radical (unpaired) electrons. The molecule has 0 atom stereocenters. The molecule has 0 bridgehead atoms. The summed E-state index contributed by atoms with van der Waals surface area (Å²) in [5.41, 5.74) is 3.44. The Hall–Kier alpha value is -0.120. The summed E-state index contributed by atoms with van der Waals surface area (Å²) >= 11 is 0. The lowest BCUT2D eigenvalue weighted by Gasteiger charge is -2.36. The zero-order valence-corrected chi connectivity index (χ0v) is 8.84. The highest BCUT2D eigenvalue weighted by Gasteiger charge is 2.30. The summed E-state index contributed by atoms with van der Waals surface area (Å²) in [5, 5.41) is 11.4. The Balaban J connectivity index is 2.38. The molecule has 1 fully saturated rings. The van der Waals surface area contributed by atoms with E-state index in [2.05, 4.69) is 5.43 Å². The third-order valence-corrected chi connectivity index (χ3v) is 3.02. The number of nitrogens with zero attached hydrogens (tertiary/aromatic N) is 1. The first-order chi connectivity index (χ1) is 6.18. The van der Waals surface area contributed by atoms with Crippen LogP contribution < -0.4 is 5.43 Å². The van der Waals surface area contributed by atoms with Gasteiger partial charge in [0, 0.05) is 32.7 Å². The minimum absolute atomic E-state index is 0.155. The summed E-state index contributed by atoms with van der Waals surface area (Å²) in [5.74, 6) is 0. The smallest absolute Gasteiger partial charge is 0.0500 e. The van der Waals surface area contributed by atoms with E-state index in [-0.39, 0.29) is 5.41 Å². The average Bonchev–Trinajstić information content (AvgIpc) is 2.16. The fourth-order valence-corrected chi connectivity index (χ4v) is 2.02. The molecule has 0 aromatic carbocycles. The molecular weight excluding hydrogens is 164 g/mol. The van der Waals surface area contributed by atoms with E-state index in [1.54, 1.807) is 0 Å². The van der Waals surface area contributed by atoms with E-state index in [9.17, 15) is 5.11 Å². The third-order valence-electron chi connectivity index (χ3n) is 3.02. The molecule has 1 aliphatic rings. The molecule has 3 nitrogen and oxygen atoms in total. The monoisotopic (exact) mass is 186 g/mol. The standard InChI is InChI=1S/C10H22N2O/c1-12(2)11-8-10(9-13)6-4-3-5-7-10/h11,13H,3-9H2,1-2H3. The number of hydrazine groups is 1. The third kappa shape index (κ3) is 3.25. The fourth-order valence-electron chi connectivity index (χ4n) is 2.02. The van der Waals surface area contributed by atoms with Crippen molar-refractivity contribution in [3.8, 4) is 0 Å². The Bertz CT molecular complexity index is 142. The zero-order chi connectivity index (χ0) is 9.73. The van der Waals surface area contributed by atoms with Gasteiger partial charge in [-0.15, -0.1) is 0 Å². The van der Waals surface area contributed by atoms with Gasteiger partial charge in [0.25, 0.3) is 0 Å². The van der Waals surface area contributed by atoms with E-state index >= 15 is 0 Å². The molecule has 0 aromatic heterocycles. The lowest BCUT2D eigenvalue weighted by Crippen LogP contribution is -2.44. The second-order valence-electron chi connectivity index (χ2n) is 4.45. The van der Waals surface area contributed by atoms with Gasteiger partial charge in [-0.05, 0) is 12.8 Å². The van der Waals surface area contributed by atoms with Crippen molar-refractivity contribution in [1.29, 1.82) is 0 Å². The van der Waals surface area contributed by atoms with Gasteiger partial charge in [0.15, 0.2) is 0 Å². The van der Waals surface area contributed by atoms with Crippen molar-refractivity contribution in [1.82, 2.24) is 10.4 Å². The van der Waals surface area contributed by atoms with E-state index in [0.717, 1.165) is 6.54 Å². The van der Waals surface area contributed by atoms with Crippen molar-refractivity contribution in [2.45, 2.75) is 32.1 Å². The molecule has 0 unspecified atom stereocenters. The Labute approximate surface area is 81.1 Å². The van der Waals surface area contributed by atoms with Gasteiger partial charge in [-0.3, -0.25) is 10.4 Å². The highest BCUT2D eigenvalue weighted by atomic mass is 16.3. The van der Waals surface area contributed by atoms with Gasteiger partial charge in [-0.25, -0.2) is 0 Å². The van der Waals surface area contributed by atoms with Gasteiger partial charge >= 0.3 is 0 Å². The first-order valence-electron chi connectivity index (χ1n) is 5.20. The predicted octanol–water partition coefficient (Wildman–Crippen LogP) is 0.995. The molecule has 0 spiro atoms. The molecule has 1 saturated carbocycles. The number of aliphatic hydroxyl groups is 1. The maximum atomic E-state index is 9.40. The molecule has 78 valence electrons. The van der Waals surface area contributed by atoms with Crippen molar-refractivity contribution in [2.75, 3.05) is 27.2 Å². The second kappa shape index (κ2) is 4.94. The molecular formula is C10H22N2O. The van der Waals surface area contributed by atoms with Gasteiger partial charge in [0.05, 0.1) is 0 Å². The summed E-state index contributed by atoms with van der Waals surface area (Å²) in [4.78, 5) is 0. The van der Waals surface area contributed by atoms with E-state index in [0.29, 0.717) is 6.61 Å². The number of aliphatic hydroxyl groups excluding tert-OH is 1. The molecule has 0 amide bonds. The van der Waals surface area contributed by atoms with Crippen LogP contribution in [0.15, 0.2) is 0 Å². The van der Waals surface area contributed by atoms with Crippen molar-refractivity contribution < 1.29 is 5.11 Å².